The van der Waals surface area contributed by atoms with Crippen LogP contribution in [-0.2, 0) is 11.2 Å². The largest absolute Gasteiger partial charge is 0.480 e. The number of hydrogen-bond acceptors (Lipinski definition) is 3. The van der Waals surface area contributed by atoms with Gasteiger partial charge in [-0.1, -0.05) is 49.5 Å². The van der Waals surface area contributed by atoms with E-state index in [2.05, 4.69) is 17.0 Å². The van der Waals surface area contributed by atoms with Gasteiger partial charge in [0.25, 0.3) is 0 Å². The Morgan fingerprint density at radius 3 is 2.50 bits per heavy atom. The van der Waals surface area contributed by atoms with Gasteiger partial charge >= 0.3 is 5.97 Å². The summed E-state index contributed by atoms with van der Waals surface area (Å²) in [7, 11) is 7.46. The molecule has 0 saturated heterocycles. The van der Waals surface area contributed by atoms with Crippen LogP contribution in [-0.4, -0.2) is 49.5 Å². The number of carboxylic acid groups (broad SMARTS) is 1. The number of benzene rings is 1. The summed E-state index contributed by atoms with van der Waals surface area (Å²) in [6, 6.07) is 10.3. The summed E-state index contributed by atoms with van der Waals surface area (Å²) < 4.78 is 0. The first-order valence-corrected chi connectivity index (χ1v) is 7.93. The van der Waals surface area contributed by atoms with Crippen molar-refractivity contribution in [2.75, 3.05) is 20.1 Å². The molecule has 0 aliphatic carbocycles. The SMILES string of the molecule is [B]CCCC[C@@](N)(CCN(C)CCc1ccccc1)C(=O)O. The van der Waals surface area contributed by atoms with Gasteiger partial charge in [0, 0.05) is 13.1 Å². The molecule has 0 fully saturated rings. The van der Waals surface area contributed by atoms with Gasteiger partial charge in [-0.05, 0) is 31.9 Å². The van der Waals surface area contributed by atoms with Gasteiger partial charge in [-0.2, -0.15) is 0 Å². The molecule has 0 spiro atoms. The van der Waals surface area contributed by atoms with Crippen LogP contribution in [0.3, 0.4) is 0 Å². The quantitative estimate of drug-likeness (QED) is 0.485. The first-order chi connectivity index (χ1) is 10.5. The van der Waals surface area contributed by atoms with Gasteiger partial charge < -0.3 is 15.7 Å². The maximum atomic E-state index is 11.4. The van der Waals surface area contributed by atoms with Crippen molar-refractivity contribution in [3.05, 3.63) is 35.9 Å². The standard InChI is InChI=1S/C17H27BN2O2/c1-20(13-9-15-7-3-2-4-8-15)14-11-17(19,16(21)22)10-5-6-12-18/h2-4,7-8H,5-6,9-14,19H2,1H3,(H,21,22)/t17-/m1/s1. The van der Waals surface area contributed by atoms with E-state index in [9.17, 15) is 9.90 Å². The highest BCUT2D eigenvalue weighted by Gasteiger charge is 2.33. The number of nitrogens with two attached hydrogens (primary N) is 1. The maximum absolute atomic E-state index is 11.4. The summed E-state index contributed by atoms with van der Waals surface area (Å²) in [6.45, 7) is 1.57. The van der Waals surface area contributed by atoms with E-state index in [1.165, 1.54) is 5.56 Å². The second kappa shape index (κ2) is 9.64. The topological polar surface area (TPSA) is 66.6 Å². The lowest BCUT2D eigenvalue weighted by atomic mass is 9.88. The average molecular weight is 302 g/mol. The zero-order chi connectivity index (χ0) is 16.4. The third-order valence-corrected chi connectivity index (χ3v) is 4.07. The van der Waals surface area contributed by atoms with Crippen LogP contribution in [0.5, 0.6) is 0 Å². The summed E-state index contributed by atoms with van der Waals surface area (Å²) >= 11 is 0. The molecule has 1 rings (SSSR count). The number of likely N-dealkylation sites (N-methyl/N-ethyl adjacent to an activating group) is 1. The van der Waals surface area contributed by atoms with E-state index in [0.29, 0.717) is 25.7 Å². The van der Waals surface area contributed by atoms with Gasteiger partial charge in [0.15, 0.2) is 0 Å². The Balaban J connectivity index is 2.38. The molecule has 0 heterocycles. The Morgan fingerprint density at radius 2 is 1.91 bits per heavy atom. The predicted molar refractivity (Wildman–Crippen MR) is 91.2 cm³/mol. The van der Waals surface area contributed by atoms with Crippen LogP contribution in [0.15, 0.2) is 30.3 Å². The Morgan fingerprint density at radius 1 is 1.23 bits per heavy atom. The number of carbonyl (C=O) groups is 1. The molecule has 120 valence electrons. The van der Waals surface area contributed by atoms with Gasteiger partial charge in [-0.25, -0.2) is 0 Å². The number of aliphatic carboxylic acids is 1. The van der Waals surface area contributed by atoms with Crippen molar-refractivity contribution < 1.29 is 9.90 Å². The summed E-state index contributed by atoms with van der Waals surface area (Å²) in [5.41, 5.74) is 6.21. The van der Waals surface area contributed by atoms with Gasteiger partial charge in [0.2, 0.25) is 0 Å². The van der Waals surface area contributed by atoms with E-state index < -0.39 is 11.5 Å². The number of hydrogen-bond donors (Lipinski definition) is 2. The van der Waals surface area contributed by atoms with Crippen LogP contribution in [0.25, 0.3) is 0 Å². The van der Waals surface area contributed by atoms with Crippen molar-refractivity contribution in [2.24, 2.45) is 5.73 Å². The van der Waals surface area contributed by atoms with Crippen LogP contribution in [0.2, 0.25) is 6.32 Å². The Hall–Kier alpha value is -1.33. The monoisotopic (exact) mass is 302 g/mol. The first kappa shape index (κ1) is 18.7. The lowest BCUT2D eigenvalue weighted by Crippen LogP contribution is -2.50. The third-order valence-electron chi connectivity index (χ3n) is 4.07. The van der Waals surface area contributed by atoms with Crippen molar-refractivity contribution in [3.8, 4) is 0 Å². The van der Waals surface area contributed by atoms with Crippen molar-refractivity contribution in [1.29, 1.82) is 0 Å². The zero-order valence-corrected chi connectivity index (χ0v) is 13.5. The molecule has 2 radical (unpaired) electrons. The number of nitrogens with zero attached hydrogens (tertiary/aromatic N) is 1. The fourth-order valence-corrected chi connectivity index (χ4v) is 2.39. The van der Waals surface area contributed by atoms with Crippen molar-refractivity contribution in [2.45, 2.75) is 44.0 Å². The molecule has 0 unspecified atom stereocenters. The maximum Gasteiger partial charge on any atom is 0.323 e. The summed E-state index contributed by atoms with van der Waals surface area (Å²) in [6.07, 6.45) is 4.04. The molecular weight excluding hydrogens is 275 g/mol. The van der Waals surface area contributed by atoms with E-state index in [0.717, 1.165) is 25.8 Å². The second-order valence-corrected chi connectivity index (χ2v) is 6.00. The zero-order valence-electron chi connectivity index (χ0n) is 13.5. The van der Waals surface area contributed by atoms with Crippen molar-refractivity contribution in [1.82, 2.24) is 4.90 Å². The van der Waals surface area contributed by atoms with E-state index in [4.69, 9.17) is 13.6 Å². The molecular formula is C17H27BN2O2. The number of unbranched alkanes of at least 4 members (excludes halogenated alkanes) is 1. The molecule has 1 aromatic carbocycles. The van der Waals surface area contributed by atoms with E-state index in [1.807, 2.05) is 25.2 Å². The minimum Gasteiger partial charge on any atom is -0.480 e. The van der Waals surface area contributed by atoms with E-state index in [-0.39, 0.29) is 0 Å². The molecule has 0 aromatic heterocycles. The highest BCUT2D eigenvalue weighted by Crippen LogP contribution is 2.17. The van der Waals surface area contributed by atoms with Crippen LogP contribution in [0, 0.1) is 0 Å². The molecule has 0 bridgehead atoms. The average Bonchev–Trinajstić information content (AvgIpc) is 2.52. The first-order valence-electron chi connectivity index (χ1n) is 7.93. The molecule has 0 saturated carbocycles. The molecule has 3 N–H and O–H groups in total. The highest BCUT2D eigenvalue weighted by atomic mass is 16.4. The van der Waals surface area contributed by atoms with Gasteiger partial charge in [0.1, 0.15) is 5.54 Å². The van der Waals surface area contributed by atoms with Crippen LogP contribution in [0.1, 0.15) is 31.2 Å². The highest BCUT2D eigenvalue weighted by molar-refractivity contribution is 6.08. The summed E-state index contributed by atoms with van der Waals surface area (Å²) in [4.78, 5) is 13.6. The molecule has 1 atom stereocenters. The van der Waals surface area contributed by atoms with Crippen molar-refractivity contribution >= 4 is 13.8 Å². The number of carboxylic acids is 1. The van der Waals surface area contributed by atoms with Crippen LogP contribution < -0.4 is 5.73 Å². The second-order valence-electron chi connectivity index (χ2n) is 6.00. The van der Waals surface area contributed by atoms with Crippen LogP contribution in [0.4, 0.5) is 0 Å². The Kier molecular flexibility index (Phi) is 8.21. The summed E-state index contributed by atoms with van der Waals surface area (Å²) in [5.74, 6) is -0.916. The fraction of sp³-hybridized carbons (Fsp3) is 0.588. The van der Waals surface area contributed by atoms with Gasteiger partial charge in [0.05, 0.1) is 7.85 Å². The third kappa shape index (κ3) is 6.63. The Bertz CT molecular complexity index is 442. The predicted octanol–water partition coefficient (Wildman–Crippen LogP) is 2.09. The normalized spacial score (nSPS) is 14.0. The minimum absolute atomic E-state index is 0.457. The summed E-state index contributed by atoms with van der Waals surface area (Å²) in [5, 5.41) is 9.38. The smallest absolute Gasteiger partial charge is 0.323 e. The molecule has 1 aromatic rings. The molecule has 22 heavy (non-hydrogen) atoms. The number of rotatable bonds is 11. The molecule has 5 heteroatoms. The van der Waals surface area contributed by atoms with Gasteiger partial charge in [-0.3, -0.25) is 4.79 Å². The fourth-order valence-electron chi connectivity index (χ4n) is 2.39. The lowest BCUT2D eigenvalue weighted by molar-refractivity contribution is -0.144. The van der Waals surface area contributed by atoms with E-state index in [1.54, 1.807) is 0 Å². The van der Waals surface area contributed by atoms with Crippen LogP contribution >= 0.6 is 0 Å². The molecule has 0 aliphatic heterocycles. The molecule has 4 nitrogen and oxygen atoms in total. The van der Waals surface area contributed by atoms with E-state index >= 15 is 0 Å². The molecule has 0 aliphatic rings. The molecule has 0 amide bonds. The Labute approximate surface area is 135 Å². The van der Waals surface area contributed by atoms with Crippen molar-refractivity contribution in [3.63, 3.8) is 0 Å². The van der Waals surface area contributed by atoms with Gasteiger partial charge in [-0.15, -0.1) is 0 Å². The lowest BCUT2D eigenvalue weighted by Gasteiger charge is -2.27. The minimum atomic E-state index is -1.14.